The summed E-state index contributed by atoms with van der Waals surface area (Å²) in [7, 11) is 0. The van der Waals surface area contributed by atoms with E-state index in [-0.39, 0.29) is 16.9 Å². The van der Waals surface area contributed by atoms with Crippen molar-refractivity contribution in [3.63, 3.8) is 0 Å². The van der Waals surface area contributed by atoms with Crippen molar-refractivity contribution in [3.05, 3.63) is 47.7 Å². The van der Waals surface area contributed by atoms with Crippen molar-refractivity contribution in [2.45, 2.75) is 26.2 Å². The maximum Gasteiger partial charge on any atom is 0.254 e. The molecule has 4 N–H and O–H groups in total. The van der Waals surface area contributed by atoms with E-state index in [0.717, 1.165) is 0 Å². The van der Waals surface area contributed by atoms with Gasteiger partial charge < -0.3 is 16.2 Å². The SMILES string of the molecule is CC(C)(C)c1ccc(Oc2ncc(N)cc2C(N)=O)cc1. The molecule has 0 aliphatic heterocycles. The normalized spacial score (nSPS) is 11.2. The van der Waals surface area contributed by atoms with Crippen LogP contribution < -0.4 is 16.2 Å². The van der Waals surface area contributed by atoms with Gasteiger partial charge in [-0.15, -0.1) is 0 Å². The Hall–Kier alpha value is -2.56. The van der Waals surface area contributed by atoms with Crippen LogP contribution in [-0.2, 0) is 5.41 Å². The van der Waals surface area contributed by atoms with Crippen LogP contribution >= 0.6 is 0 Å². The number of nitrogen functional groups attached to an aromatic ring is 1. The van der Waals surface area contributed by atoms with Crippen molar-refractivity contribution in [2.24, 2.45) is 5.73 Å². The quantitative estimate of drug-likeness (QED) is 0.907. The summed E-state index contributed by atoms with van der Waals surface area (Å²) in [5, 5.41) is 0. The van der Waals surface area contributed by atoms with E-state index in [1.54, 1.807) is 0 Å². The van der Waals surface area contributed by atoms with Crippen LogP contribution in [0.25, 0.3) is 0 Å². The van der Waals surface area contributed by atoms with Crippen LogP contribution in [0.3, 0.4) is 0 Å². The van der Waals surface area contributed by atoms with Crippen LogP contribution in [0, 0.1) is 0 Å². The average Bonchev–Trinajstić information content (AvgIpc) is 2.40. The van der Waals surface area contributed by atoms with Gasteiger partial charge in [-0.1, -0.05) is 32.9 Å². The highest BCUT2D eigenvalue weighted by molar-refractivity contribution is 5.95. The molecule has 21 heavy (non-hydrogen) atoms. The Morgan fingerprint density at radius 3 is 2.33 bits per heavy atom. The number of anilines is 1. The second-order valence-electron chi connectivity index (χ2n) is 5.86. The number of nitrogens with zero attached hydrogens (tertiary/aromatic N) is 1. The number of ether oxygens (including phenoxy) is 1. The van der Waals surface area contributed by atoms with E-state index in [2.05, 4.69) is 25.8 Å². The van der Waals surface area contributed by atoms with E-state index in [9.17, 15) is 4.79 Å². The molecule has 5 nitrogen and oxygen atoms in total. The van der Waals surface area contributed by atoms with Crippen molar-refractivity contribution in [1.82, 2.24) is 4.98 Å². The first-order valence-corrected chi connectivity index (χ1v) is 6.61. The number of amides is 1. The molecule has 0 atom stereocenters. The molecule has 110 valence electrons. The first kappa shape index (κ1) is 14.8. The minimum Gasteiger partial charge on any atom is -0.438 e. The van der Waals surface area contributed by atoms with Crippen LogP contribution in [0.15, 0.2) is 36.5 Å². The molecular formula is C16H19N3O2. The summed E-state index contributed by atoms with van der Waals surface area (Å²) in [4.78, 5) is 15.4. The average molecular weight is 285 g/mol. The third-order valence-electron chi connectivity index (χ3n) is 3.07. The molecule has 2 aromatic rings. The summed E-state index contributed by atoms with van der Waals surface area (Å²) >= 11 is 0. The Morgan fingerprint density at radius 2 is 1.81 bits per heavy atom. The minimum absolute atomic E-state index is 0.0658. The first-order chi connectivity index (χ1) is 9.77. The molecule has 0 fully saturated rings. The number of hydrogen-bond donors (Lipinski definition) is 2. The fraction of sp³-hybridized carbons (Fsp3) is 0.250. The monoisotopic (exact) mass is 285 g/mol. The van der Waals surface area contributed by atoms with Crippen LogP contribution in [0.5, 0.6) is 11.6 Å². The molecule has 1 aromatic carbocycles. The molecule has 1 heterocycles. The molecule has 0 saturated carbocycles. The maximum absolute atomic E-state index is 11.4. The number of aromatic nitrogens is 1. The zero-order chi connectivity index (χ0) is 15.6. The van der Waals surface area contributed by atoms with Gasteiger partial charge in [0.1, 0.15) is 11.3 Å². The van der Waals surface area contributed by atoms with Gasteiger partial charge in [0.15, 0.2) is 0 Å². The van der Waals surface area contributed by atoms with Gasteiger partial charge in [-0.05, 0) is 29.2 Å². The van der Waals surface area contributed by atoms with Crippen molar-refractivity contribution in [2.75, 3.05) is 5.73 Å². The summed E-state index contributed by atoms with van der Waals surface area (Å²) < 4.78 is 5.63. The summed E-state index contributed by atoms with van der Waals surface area (Å²) in [6, 6.07) is 9.09. The van der Waals surface area contributed by atoms with Gasteiger partial charge in [0.05, 0.1) is 11.9 Å². The van der Waals surface area contributed by atoms with Crippen LogP contribution in [0.1, 0.15) is 36.7 Å². The number of pyridine rings is 1. The summed E-state index contributed by atoms with van der Waals surface area (Å²) in [6.45, 7) is 6.40. The fourth-order valence-electron chi connectivity index (χ4n) is 1.86. The van der Waals surface area contributed by atoms with Crippen LogP contribution in [0.4, 0.5) is 5.69 Å². The van der Waals surface area contributed by atoms with Crippen molar-refractivity contribution >= 4 is 11.6 Å². The Kier molecular flexibility index (Phi) is 3.84. The Labute approximate surface area is 123 Å². The maximum atomic E-state index is 11.4. The molecule has 0 unspecified atom stereocenters. The lowest BCUT2D eigenvalue weighted by atomic mass is 9.87. The highest BCUT2D eigenvalue weighted by Gasteiger charge is 2.15. The molecule has 1 amide bonds. The first-order valence-electron chi connectivity index (χ1n) is 6.61. The number of carbonyl (C=O) groups is 1. The molecule has 1 aromatic heterocycles. The van der Waals surface area contributed by atoms with E-state index in [0.29, 0.717) is 11.4 Å². The highest BCUT2D eigenvalue weighted by Crippen LogP contribution is 2.28. The fourth-order valence-corrected chi connectivity index (χ4v) is 1.86. The lowest BCUT2D eigenvalue weighted by Gasteiger charge is -2.19. The smallest absolute Gasteiger partial charge is 0.254 e. The largest absolute Gasteiger partial charge is 0.438 e. The third kappa shape index (κ3) is 3.51. The summed E-state index contributed by atoms with van der Waals surface area (Å²) in [5.74, 6) is 0.110. The van der Waals surface area contributed by atoms with Gasteiger partial charge >= 0.3 is 0 Å². The van der Waals surface area contributed by atoms with Gasteiger partial charge in [0.2, 0.25) is 5.88 Å². The Bertz CT molecular complexity index is 658. The second-order valence-corrected chi connectivity index (χ2v) is 5.86. The zero-order valence-corrected chi connectivity index (χ0v) is 12.4. The molecule has 5 heteroatoms. The van der Waals surface area contributed by atoms with E-state index >= 15 is 0 Å². The van der Waals surface area contributed by atoms with Gasteiger partial charge in [0.25, 0.3) is 5.91 Å². The molecule has 0 spiro atoms. The van der Waals surface area contributed by atoms with Crippen LogP contribution in [-0.4, -0.2) is 10.9 Å². The van der Waals surface area contributed by atoms with Gasteiger partial charge in [0, 0.05) is 0 Å². The molecule has 0 saturated heterocycles. The predicted molar refractivity (Wildman–Crippen MR) is 82.4 cm³/mol. The van der Waals surface area contributed by atoms with Crippen molar-refractivity contribution in [3.8, 4) is 11.6 Å². The number of primary amides is 1. The van der Waals surface area contributed by atoms with Crippen molar-refractivity contribution in [1.29, 1.82) is 0 Å². The second kappa shape index (κ2) is 5.44. The number of nitrogens with two attached hydrogens (primary N) is 2. The number of benzene rings is 1. The molecule has 2 rings (SSSR count). The Morgan fingerprint density at radius 1 is 1.19 bits per heavy atom. The number of rotatable bonds is 3. The van der Waals surface area contributed by atoms with Gasteiger partial charge in [-0.2, -0.15) is 0 Å². The van der Waals surface area contributed by atoms with E-state index in [1.165, 1.54) is 17.8 Å². The third-order valence-corrected chi connectivity index (χ3v) is 3.07. The van der Waals surface area contributed by atoms with E-state index in [4.69, 9.17) is 16.2 Å². The number of hydrogen-bond acceptors (Lipinski definition) is 4. The molecular weight excluding hydrogens is 266 g/mol. The predicted octanol–water partition coefficient (Wildman–Crippen LogP) is 2.85. The topological polar surface area (TPSA) is 91.2 Å². The lowest BCUT2D eigenvalue weighted by molar-refractivity contribution is 0.0997. The molecule has 0 radical (unpaired) electrons. The van der Waals surface area contributed by atoms with Crippen LogP contribution in [0.2, 0.25) is 0 Å². The molecule has 0 aliphatic carbocycles. The Balaban J connectivity index is 2.28. The van der Waals surface area contributed by atoms with E-state index in [1.807, 2.05) is 24.3 Å². The van der Waals surface area contributed by atoms with E-state index < -0.39 is 5.91 Å². The van der Waals surface area contributed by atoms with Crippen molar-refractivity contribution < 1.29 is 9.53 Å². The zero-order valence-electron chi connectivity index (χ0n) is 12.4. The summed E-state index contributed by atoms with van der Waals surface area (Å²) in [6.07, 6.45) is 1.42. The minimum atomic E-state index is -0.629. The highest BCUT2D eigenvalue weighted by atomic mass is 16.5. The number of carbonyl (C=O) groups excluding carboxylic acids is 1. The molecule has 0 aliphatic rings. The standard InChI is InChI=1S/C16H19N3O2/c1-16(2,3)10-4-6-12(7-5-10)21-15-13(14(18)20)8-11(17)9-19-15/h4-9H,17H2,1-3H3,(H2,18,20). The van der Waals surface area contributed by atoms with Gasteiger partial charge in [-0.3, -0.25) is 4.79 Å². The van der Waals surface area contributed by atoms with Gasteiger partial charge in [-0.25, -0.2) is 4.98 Å². The summed E-state index contributed by atoms with van der Waals surface area (Å²) in [5.41, 5.74) is 12.7. The molecule has 0 bridgehead atoms. The lowest BCUT2D eigenvalue weighted by Crippen LogP contribution is -2.13.